The minimum atomic E-state index is -1.02. The first-order valence-electron chi connectivity index (χ1n) is 8.71. The number of benzene rings is 1. The fraction of sp³-hybridized carbons (Fsp3) is 0.167. The summed E-state index contributed by atoms with van der Waals surface area (Å²) in [6.07, 6.45) is -1.02. The molecule has 0 spiro atoms. The van der Waals surface area contributed by atoms with Crippen LogP contribution in [0.25, 0.3) is 0 Å². The summed E-state index contributed by atoms with van der Waals surface area (Å²) < 4.78 is 5.77. The van der Waals surface area contributed by atoms with Gasteiger partial charge in [-0.05, 0) is 22.9 Å². The summed E-state index contributed by atoms with van der Waals surface area (Å²) in [6.45, 7) is 1.31. The molecule has 1 unspecified atom stereocenters. The predicted octanol–water partition coefficient (Wildman–Crippen LogP) is 2.26. The second-order valence-corrected chi connectivity index (χ2v) is 7.44. The van der Waals surface area contributed by atoms with E-state index in [4.69, 9.17) is 4.74 Å². The number of carbonyl (C=O) groups excluding carboxylic acids is 2. The second-order valence-electron chi connectivity index (χ2n) is 6.26. The number of ether oxygens (including phenoxy) is 1. The van der Waals surface area contributed by atoms with Crippen molar-refractivity contribution < 1.29 is 19.2 Å². The van der Waals surface area contributed by atoms with Crippen molar-refractivity contribution in [2.24, 2.45) is 0 Å². The van der Waals surface area contributed by atoms with E-state index in [9.17, 15) is 19.7 Å². The predicted molar refractivity (Wildman–Crippen MR) is 106 cm³/mol. The molecular formula is C18H14N6O5S. The standard InChI is InChI=1S/C18H14N6O5S/c1-10-21-22-18(30-10)20-14(25)9-23-16-12(7-8-13(19-16)24(27)28)29-15(17(23)26)11-5-3-2-4-6-11/h2-8,15H,9H2,1H3,(H,20,22,25). The first-order valence-corrected chi connectivity index (χ1v) is 9.52. The molecule has 3 aromatic rings. The zero-order chi connectivity index (χ0) is 21.3. The van der Waals surface area contributed by atoms with Crippen molar-refractivity contribution in [3.63, 3.8) is 0 Å². The summed E-state index contributed by atoms with van der Waals surface area (Å²) >= 11 is 1.18. The van der Waals surface area contributed by atoms with Crippen LogP contribution in [0, 0.1) is 17.0 Å². The molecule has 3 heterocycles. The van der Waals surface area contributed by atoms with Gasteiger partial charge in [-0.1, -0.05) is 41.7 Å². The molecule has 0 aliphatic carbocycles. The van der Waals surface area contributed by atoms with Gasteiger partial charge in [-0.25, -0.2) is 0 Å². The fourth-order valence-electron chi connectivity index (χ4n) is 2.88. The SMILES string of the molecule is Cc1nnc(NC(=O)CN2C(=O)C(c3ccccc3)Oc3ccc([N+](=O)[O-])nc32)s1. The lowest BCUT2D eigenvalue weighted by molar-refractivity contribution is -0.389. The molecule has 1 N–H and O–H groups in total. The highest BCUT2D eigenvalue weighted by molar-refractivity contribution is 7.15. The van der Waals surface area contributed by atoms with Crippen LogP contribution in [-0.4, -0.2) is 38.5 Å². The molecule has 2 aromatic heterocycles. The van der Waals surface area contributed by atoms with Crippen LogP contribution < -0.4 is 15.0 Å². The minimum absolute atomic E-state index is 0.0926. The summed E-state index contributed by atoms with van der Waals surface area (Å²) in [5, 5.41) is 22.3. The van der Waals surface area contributed by atoms with Crippen molar-refractivity contribution in [1.29, 1.82) is 0 Å². The fourth-order valence-corrected chi connectivity index (χ4v) is 3.48. The molecule has 0 radical (unpaired) electrons. The highest BCUT2D eigenvalue weighted by Crippen LogP contribution is 2.38. The molecule has 0 saturated heterocycles. The monoisotopic (exact) mass is 426 g/mol. The number of carbonyl (C=O) groups is 2. The van der Waals surface area contributed by atoms with Gasteiger partial charge in [-0.2, -0.15) is 0 Å². The van der Waals surface area contributed by atoms with E-state index in [1.54, 1.807) is 37.3 Å². The van der Waals surface area contributed by atoms with Crippen LogP contribution >= 0.6 is 11.3 Å². The largest absolute Gasteiger partial charge is 0.469 e. The molecule has 152 valence electrons. The minimum Gasteiger partial charge on any atom is -0.469 e. The van der Waals surface area contributed by atoms with E-state index in [0.717, 1.165) is 4.90 Å². The number of aromatic nitrogens is 3. The Kier molecular flexibility index (Phi) is 5.06. The number of hydrogen-bond acceptors (Lipinski definition) is 9. The number of nitro groups is 1. The van der Waals surface area contributed by atoms with Gasteiger partial charge in [0.25, 0.3) is 11.7 Å². The van der Waals surface area contributed by atoms with Crippen LogP contribution in [0.3, 0.4) is 0 Å². The lowest BCUT2D eigenvalue weighted by atomic mass is 10.1. The molecule has 2 amide bonds. The number of hydrogen-bond donors (Lipinski definition) is 1. The Hall–Kier alpha value is -3.93. The van der Waals surface area contributed by atoms with Gasteiger partial charge in [0.05, 0.1) is 0 Å². The van der Waals surface area contributed by atoms with E-state index in [1.807, 2.05) is 0 Å². The van der Waals surface area contributed by atoms with Gasteiger partial charge in [0.2, 0.25) is 17.1 Å². The maximum Gasteiger partial charge on any atom is 0.366 e. The Morgan fingerprint density at radius 1 is 1.27 bits per heavy atom. The van der Waals surface area contributed by atoms with Gasteiger partial charge in [0, 0.05) is 11.6 Å². The maximum absolute atomic E-state index is 13.1. The van der Waals surface area contributed by atoms with Crippen molar-refractivity contribution in [2.45, 2.75) is 13.0 Å². The van der Waals surface area contributed by atoms with E-state index >= 15 is 0 Å². The molecular weight excluding hydrogens is 412 g/mol. The van der Waals surface area contributed by atoms with Crippen LogP contribution in [0.4, 0.5) is 16.8 Å². The van der Waals surface area contributed by atoms with E-state index < -0.39 is 35.2 Å². The molecule has 11 nitrogen and oxygen atoms in total. The Morgan fingerprint density at radius 2 is 2.03 bits per heavy atom. The number of fused-ring (bicyclic) bond motifs is 1. The summed E-state index contributed by atoms with van der Waals surface area (Å²) in [4.78, 5) is 41.1. The van der Waals surface area contributed by atoms with Gasteiger partial charge >= 0.3 is 5.82 Å². The Labute approximate surface area is 173 Å². The molecule has 1 aliphatic rings. The Morgan fingerprint density at radius 3 is 2.70 bits per heavy atom. The summed E-state index contributed by atoms with van der Waals surface area (Å²) in [5.41, 5.74) is 0.580. The normalized spacial score (nSPS) is 15.3. The van der Waals surface area contributed by atoms with E-state index in [0.29, 0.717) is 10.6 Å². The molecule has 0 saturated carbocycles. The van der Waals surface area contributed by atoms with Gasteiger partial charge in [0.15, 0.2) is 5.75 Å². The molecule has 1 atom stereocenters. The first-order chi connectivity index (χ1) is 14.4. The zero-order valence-corrected chi connectivity index (χ0v) is 16.3. The van der Waals surface area contributed by atoms with Gasteiger partial charge in [-0.15, -0.1) is 10.2 Å². The third kappa shape index (κ3) is 3.80. The molecule has 0 fully saturated rings. The molecule has 4 rings (SSSR count). The Bertz CT molecular complexity index is 1140. The third-order valence-electron chi connectivity index (χ3n) is 4.18. The summed E-state index contributed by atoms with van der Waals surface area (Å²) in [5.74, 6) is -1.51. The Balaban J connectivity index is 1.68. The summed E-state index contributed by atoms with van der Waals surface area (Å²) in [7, 11) is 0. The smallest absolute Gasteiger partial charge is 0.366 e. The van der Waals surface area contributed by atoms with Crippen molar-refractivity contribution in [3.8, 4) is 5.75 Å². The van der Waals surface area contributed by atoms with Crippen LogP contribution in [0.5, 0.6) is 5.75 Å². The van der Waals surface area contributed by atoms with Gasteiger partial charge < -0.3 is 14.9 Å². The highest BCUT2D eigenvalue weighted by atomic mass is 32.1. The topological polar surface area (TPSA) is 140 Å². The van der Waals surface area contributed by atoms with E-state index in [2.05, 4.69) is 20.5 Å². The first kappa shape index (κ1) is 19.4. The van der Waals surface area contributed by atoms with Crippen molar-refractivity contribution in [2.75, 3.05) is 16.8 Å². The number of anilines is 2. The molecule has 30 heavy (non-hydrogen) atoms. The van der Waals surface area contributed by atoms with Crippen molar-refractivity contribution >= 4 is 39.9 Å². The van der Waals surface area contributed by atoms with E-state index in [1.165, 1.54) is 23.5 Å². The number of nitrogens with zero attached hydrogens (tertiary/aromatic N) is 5. The number of nitrogens with one attached hydrogen (secondary N) is 1. The second kappa shape index (κ2) is 7.83. The molecule has 1 aliphatic heterocycles. The maximum atomic E-state index is 13.1. The van der Waals surface area contributed by atoms with Gasteiger partial charge in [-0.3, -0.25) is 19.8 Å². The average Bonchev–Trinajstić information content (AvgIpc) is 3.14. The molecule has 1 aromatic carbocycles. The van der Waals surface area contributed by atoms with Gasteiger partial charge in [0.1, 0.15) is 11.6 Å². The van der Waals surface area contributed by atoms with Crippen LogP contribution in [0.1, 0.15) is 16.7 Å². The summed E-state index contributed by atoms with van der Waals surface area (Å²) in [6, 6.07) is 11.3. The average molecular weight is 426 g/mol. The van der Waals surface area contributed by atoms with Crippen molar-refractivity contribution in [3.05, 3.63) is 63.1 Å². The van der Waals surface area contributed by atoms with Crippen LogP contribution in [-0.2, 0) is 9.59 Å². The third-order valence-corrected chi connectivity index (χ3v) is 4.93. The quantitative estimate of drug-likeness (QED) is 0.484. The number of amides is 2. The zero-order valence-electron chi connectivity index (χ0n) is 15.5. The lowest BCUT2D eigenvalue weighted by Crippen LogP contribution is -2.45. The van der Waals surface area contributed by atoms with E-state index in [-0.39, 0.29) is 16.7 Å². The highest BCUT2D eigenvalue weighted by Gasteiger charge is 2.40. The van der Waals surface area contributed by atoms with Crippen molar-refractivity contribution in [1.82, 2.24) is 15.2 Å². The lowest BCUT2D eigenvalue weighted by Gasteiger charge is -2.30. The molecule has 12 heteroatoms. The van der Waals surface area contributed by atoms with Crippen LogP contribution in [0.15, 0.2) is 42.5 Å². The van der Waals surface area contributed by atoms with Crippen LogP contribution in [0.2, 0.25) is 0 Å². The number of pyridine rings is 1. The molecule has 0 bridgehead atoms. The number of aryl methyl sites for hydroxylation is 1. The number of rotatable bonds is 5.